The molecule has 112 valence electrons. The summed E-state index contributed by atoms with van der Waals surface area (Å²) in [5.41, 5.74) is 0.665. The Balaban J connectivity index is 2.13. The number of imidazole rings is 1. The Morgan fingerprint density at radius 1 is 1.24 bits per heavy atom. The molecule has 1 aromatic carbocycles. The quantitative estimate of drug-likeness (QED) is 0.803. The second-order valence-corrected chi connectivity index (χ2v) is 7.63. The minimum atomic E-state index is -2.90. The summed E-state index contributed by atoms with van der Waals surface area (Å²) >= 11 is 0. The molecule has 0 radical (unpaired) electrons. The van der Waals surface area contributed by atoms with Gasteiger partial charge < -0.3 is 9.30 Å². The van der Waals surface area contributed by atoms with Gasteiger partial charge in [0.25, 0.3) is 0 Å². The maximum atomic E-state index is 14.0. The van der Waals surface area contributed by atoms with Crippen LogP contribution in [-0.4, -0.2) is 40.5 Å². The Bertz CT molecular complexity index is 635. The predicted octanol–water partition coefficient (Wildman–Crippen LogP) is 1.46. The average Bonchev–Trinajstić information content (AvgIpc) is 3.05. The fraction of sp³-hybridized carbons (Fsp3) is 0.400. The molecule has 1 saturated heterocycles. The summed E-state index contributed by atoms with van der Waals surface area (Å²) in [5.74, 6) is 0. The van der Waals surface area contributed by atoms with Gasteiger partial charge in [0.1, 0.15) is 0 Å². The Morgan fingerprint density at radius 2 is 1.95 bits per heavy atom. The number of aryl methyl sites for hydroxylation is 1. The number of nitrogens with zero attached hydrogens (tertiary/aromatic N) is 3. The summed E-state index contributed by atoms with van der Waals surface area (Å²) in [5, 5.41) is 0.841. The van der Waals surface area contributed by atoms with Gasteiger partial charge in [-0.1, -0.05) is 18.2 Å². The number of morpholine rings is 1. The molecule has 1 aliphatic rings. The Hall–Kier alpha value is -1.42. The molecular formula is C15H20N3O2P. The van der Waals surface area contributed by atoms with Crippen molar-refractivity contribution in [2.45, 2.75) is 13.5 Å². The van der Waals surface area contributed by atoms with Crippen molar-refractivity contribution >= 4 is 18.2 Å². The van der Waals surface area contributed by atoms with Crippen molar-refractivity contribution < 1.29 is 9.30 Å². The van der Waals surface area contributed by atoms with Crippen LogP contribution in [0.5, 0.6) is 0 Å². The highest BCUT2D eigenvalue weighted by Gasteiger charge is 2.38. The van der Waals surface area contributed by atoms with Crippen LogP contribution in [0.4, 0.5) is 0 Å². The number of benzene rings is 1. The largest absolute Gasteiger partial charge is 0.379 e. The average molecular weight is 305 g/mol. The molecule has 0 spiro atoms. The normalized spacial score (nSPS) is 19.3. The minimum absolute atomic E-state index is 0.615. The Labute approximate surface area is 125 Å². The molecule has 3 rings (SSSR count). The minimum Gasteiger partial charge on any atom is -0.379 e. The highest BCUT2D eigenvalue weighted by molar-refractivity contribution is 7.76. The summed E-state index contributed by atoms with van der Waals surface area (Å²) in [6, 6.07) is 9.68. The number of hydrogen-bond acceptors (Lipinski definition) is 3. The monoisotopic (exact) mass is 305 g/mol. The lowest BCUT2D eigenvalue weighted by Gasteiger charge is -2.34. The van der Waals surface area contributed by atoms with E-state index >= 15 is 0 Å². The molecule has 0 bridgehead atoms. The molecule has 5 nitrogen and oxygen atoms in total. The van der Waals surface area contributed by atoms with E-state index in [-0.39, 0.29) is 0 Å². The van der Waals surface area contributed by atoms with Crippen LogP contribution in [-0.2, 0) is 15.8 Å². The smallest absolute Gasteiger partial charge is 0.241 e. The predicted molar refractivity (Wildman–Crippen MR) is 83.6 cm³/mol. The van der Waals surface area contributed by atoms with Crippen molar-refractivity contribution in [2.75, 3.05) is 26.3 Å². The van der Waals surface area contributed by atoms with Crippen LogP contribution in [0.15, 0.2) is 42.7 Å². The molecule has 2 heterocycles. The molecule has 0 unspecified atom stereocenters. The zero-order valence-electron chi connectivity index (χ0n) is 12.2. The van der Waals surface area contributed by atoms with E-state index in [1.54, 1.807) is 6.20 Å². The summed E-state index contributed by atoms with van der Waals surface area (Å²) in [4.78, 5) is 4.43. The fourth-order valence-electron chi connectivity index (χ4n) is 2.69. The number of hydrogen-bond donors (Lipinski definition) is 0. The van der Waals surface area contributed by atoms with Crippen molar-refractivity contribution in [2.24, 2.45) is 0 Å². The third-order valence-corrected chi connectivity index (χ3v) is 6.91. The van der Waals surface area contributed by atoms with Crippen molar-refractivity contribution in [1.82, 2.24) is 14.2 Å². The van der Waals surface area contributed by atoms with E-state index in [1.165, 1.54) is 0 Å². The second kappa shape index (κ2) is 6.14. The standard InChI is InChI=1S/C15H20N3O2P/c1-2-17-9-8-16-15(17)21(19,14-6-4-3-5-7-14)18-10-12-20-13-11-18/h3-9H,2,10-13H2,1H3/t21-/m0/s1. The lowest BCUT2D eigenvalue weighted by molar-refractivity contribution is 0.0731. The molecule has 2 aromatic rings. The van der Waals surface area contributed by atoms with Crippen LogP contribution in [0.25, 0.3) is 0 Å². The van der Waals surface area contributed by atoms with E-state index in [4.69, 9.17) is 4.74 Å². The van der Waals surface area contributed by atoms with Gasteiger partial charge in [-0.2, -0.15) is 0 Å². The first-order valence-corrected chi connectivity index (χ1v) is 8.93. The van der Waals surface area contributed by atoms with Crippen LogP contribution in [0.3, 0.4) is 0 Å². The Kier molecular flexibility index (Phi) is 4.24. The topological polar surface area (TPSA) is 47.4 Å². The van der Waals surface area contributed by atoms with Gasteiger partial charge in [-0.15, -0.1) is 0 Å². The van der Waals surface area contributed by atoms with Gasteiger partial charge >= 0.3 is 0 Å². The molecular weight excluding hydrogens is 285 g/mol. The van der Waals surface area contributed by atoms with Gasteiger partial charge in [0, 0.05) is 37.3 Å². The SMILES string of the molecule is CCn1ccnc1[P@@](=O)(c1ccccc1)N1CCOCC1. The van der Waals surface area contributed by atoms with Crippen molar-refractivity contribution in [1.29, 1.82) is 0 Å². The second-order valence-electron chi connectivity index (χ2n) is 4.99. The maximum absolute atomic E-state index is 14.0. The van der Waals surface area contributed by atoms with Gasteiger partial charge in [-0.3, -0.25) is 4.57 Å². The zero-order valence-corrected chi connectivity index (χ0v) is 13.1. The highest BCUT2D eigenvalue weighted by Crippen LogP contribution is 2.47. The van der Waals surface area contributed by atoms with Gasteiger partial charge in [-0.05, 0) is 19.1 Å². The summed E-state index contributed by atoms with van der Waals surface area (Å²) in [6.45, 7) is 5.37. The highest BCUT2D eigenvalue weighted by atomic mass is 31.2. The first kappa shape index (κ1) is 14.5. The molecule has 6 heteroatoms. The van der Waals surface area contributed by atoms with E-state index in [2.05, 4.69) is 4.98 Å². The molecule has 0 amide bonds. The van der Waals surface area contributed by atoms with Crippen LogP contribution < -0.4 is 10.9 Å². The van der Waals surface area contributed by atoms with E-state index < -0.39 is 7.29 Å². The Morgan fingerprint density at radius 3 is 2.62 bits per heavy atom. The molecule has 1 atom stereocenters. The van der Waals surface area contributed by atoms with Gasteiger partial charge in [0.15, 0.2) is 5.57 Å². The number of aromatic nitrogens is 2. The summed E-state index contributed by atoms with van der Waals surface area (Å²) < 4.78 is 23.4. The van der Waals surface area contributed by atoms with E-state index in [0.29, 0.717) is 31.9 Å². The zero-order chi connectivity index (χ0) is 14.7. The molecule has 1 aromatic heterocycles. The summed E-state index contributed by atoms with van der Waals surface area (Å²) in [7, 11) is -2.90. The van der Waals surface area contributed by atoms with Crippen LogP contribution in [0, 0.1) is 0 Å². The van der Waals surface area contributed by atoms with Crippen LogP contribution in [0.1, 0.15) is 6.92 Å². The molecule has 0 aliphatic carbocycles. The van der Waals surface area contributed by atoms with Gasteiger partial charge in [-0.25, -0.2) is 9.65 Å². The lowest BCUT2D eigenvalue weighted by Crippen LogP contribution is -2.42. The first-order chi connectivity index (χ1) is 10.3. The van der Waals surface area contributed by atoms with Gasteiger partial charge in [0.05, 0.1) is 13.2 Å². The van der Waals surface area contributed by atoms with E-state index in [1.807, 2.05) is 52.7 Å². The molecule has 21 heavy (non-hydrogen) atoms. The third kappa shape index (κ3) is 2.57. The van der Waals surface area contributed by atoms with Crippen molar-refractivity contribution in [3.8, 4) is 0 Å². The van der Waals surface area contributed by atoms with Gasteiger partial charge in [0.2, 0.25) is 7.29 Å². The van der Waals surface area contributed by atoms with E-state index in [9.17, 15) is 4.57 Å². The molecule has 1 aliphatic heterocycles. The van der Waals surface area contributed by atoms with Crippen molar-refractivity contribution in [3.63, 3.8) is 0 Å². The molecule has 0 N–H and O–H groups in total. The fourth-order valence-corrected chi connectivity index (χ4v) is 5.58. The molecule has 1 fully saturated rings. The number of ether oxygens (including phenoxy) is 1. The summed E-state index contributed by atoms with van der Waals surface area (Å²) in [6.07, 6.45) is 3.63. The third-order valence-electron chi connectivity index (χ3n) is 3.80. The molecule has 0 saturated carbocycles. The lowest BCUT2D eigenvalue weighted by atomic mass is 10.4. The maximum Gasteiger partial charge on any atom is 0.241 e. The van der Waals surface area contributed by atoms with Crippen molar-refractivity contribution in [3.05, 3.63) is 42.7 Å². The number of rotatable bonds is 4. The van der Waals surface area contributed by atoms with Crippen LogP contribution in [0.2, 0.25) is 0 Å². The first-order valence-electron chi connectivity index (χ1n) is 7.27. The van der Waals surface area contributed by atoms with E-state index in [0.717, 1.165) is 11.8 Å². The van der Waals surface area contributed by atoms with Crippen LogP contribution >= 0.6 is 7.29 Å².